The SMILES string of the molecule is CCC(CNC(C)C)OCCC1CC1. The fourth-order valence-corrected chi connectivity index (χ4v) is 1.50. The van der Waals surface area contributed by atoms with Crippen molar-refractivity contribution in [2.75, 3.05) is 13.2 Å². The first-order valence-electron chi connectivity index (χ1n) is 6.07. The maximum absolute atomic E-state index is 5.83. The first kappa shape index (κ1) is 12.0. The van der Waals surface area contributed by atoms with E-state index in [1.807, 2.05) is 0 Å². The quantitative estimate of drug-likeness (QED) is 0.649. The third-order valence-electron chi connectivity index (χ3n) is 2.79. The molecule has 0 aromatic rings. The molecule has 1 rings (SSSR count). The van der Waals surface area contributed by atoms with Gasteiger partial charge in [0.1, 0.15) is 0 Å². The molecular weight excluding hydrogens is 174 g/mol. The van der Waals surface area contributed by atoms with Gasteiger partial charge in [0, 0.05) is 19.2 Å². The van der Waals surface area contributed by atoms with Crippen molar-refractivity contribution in [3.8, 4) is 0 Å². The van der Waals surface area contributed by atoms with Crippen LogP contribution in [0.3, 0.4) is 0 Å². The molecule has 0 aromatic carbocycles. The van der Waals surface area contributed by atoms with Crippen molar-refractivity contribution >= 4 is 0 Å². The van der Waals surface area contributed by atoms with Gasteiger partial charge in [0.15, 0.2) is 0 Å². The molecule has 2 nitrogen and oxygen atoms in total. The second-order valence-electron chi connectivity index (χ2n) is 4.70. The summed E-state index contributed by atoms with van der Waals surface area (Å²) in [5.74, 6) is 0.991. The van der Waals surface area contributed by atoms with Crippen LogP contribution in [-0.2, 0) is 4.74 Å². The standard InChI is InChI=1S/C12H25NO/c1-4-12(9-13-10(2)3)14-8-7-11-5-6-11/h10-13H,4-9H2,1-3H3. The van der Waals surface area contributed by atoms with Crippen LogP contribution in [0.25, 0.3) is 0 Å². The highest BCUT2D eigenvalue weighted by molar-refractivity contribution is 4.73. The van der Waals surface area contributed by atoms with Gasteiger partial charge >= 0.3 is 0 Å². The summed E-state index contributed by atoms with van der Waals surface area (Å²) in [6.07, 6.45) is 5.67. The molecule has 0 radical (unpaired) electrons. The summed E-state index contributed by atoms with van der Waals surface area (Å²) in [6.45, 7) is 8.51. The Hall–Kier alpha value is -0.0800. The van der Waals surface area contributed by atoms with Crippen molar-refractivity contribution in [2.45, 2.75) is 58.6 Å². The summed E-state index contributed by atoms with van der Waals surface area (Å²) in [7, 11) is 0. The minimum Gasteiger partial charge on any atom is -0.377 e. The van der Waals surface area contributed by atoms with Crippen LogP contribution in [0.5, 0.6) is 0 Å². The number of nitrogens with one attached hydrogen (secondary N) is 1. The third kappa shape index (κ3) is 5.61. The average molecular weight is 199 g/mol. The lowest BCUT2D eigenvalue weighted by Crippen LogP contribution is -2.33. The zero-order valence-corrected chi connectivity index (χ0v) is 9.88. The Balaban J connectivity index is 1.98. The van der Waals surface area contributed by atoms with Crippen LogP contribution in [-0.4, -0.2) is 25.3 Å². The summed E-state index contributed by atoms with van der Waals surface area (Å²) in [5, 5.41) is 3.43. The van der Waals surface area contributed by atoms with E-state index in [2.05, 4.69) is 26.1 Å². The summed E-state index contributed by atoms with van der Waals surface area (Å²) >= 11 is 0. The Kier molecular flexibility index (Phi) is 5.49. The molecular formula is C12H25NO. The fraction of sp³-hybridized carbons (Fsp3) is 1.00. The lowest BCUT2D eigenvalue weighted by Gasteiger charge is -2.18. The monoisotopic (exact) mass is 199 g/mol. The molecule has 1 unspecified atom stereocenters. The molecule has 84 valence electrons. The van der Waals surface area contributed by atoms with Crippen LogP contribution in [0.2, 0.25) is 0 Å². The summed E-state index contributed by atoms with van der Waals surface area (Å²) in [5.41, 5.74) is 0. The van der Waals surface area contributed by atoms with E-state index >= 15 is 0 Å². The van der Waals surface area contributed by atoms with E-state index in [-0.39, 0.29) is 0 Å². The van der Waals surface area contributed by atoms with Gasteiger partial charge in [-0.15, -0.1) is 0 Å². The van der Waals surface area contributed by atoms with E-state index in [1.54, 1.807) is 0 Å². The lowest BCUT2D eigenvalue weighted by molar-refractivity contribution is 0.0458. The van der Waals surface area contributed by atoms with Crippen molar-refractivity contribution in [2.24, 2.45) is 5.92 Å². The highest BCUT2D eigenvalue weighted by Crippen LogP contribution is 2.32. The van der Waals surface area contributed by atoms with Crippen LogP contribution in [0.15, 0.2) is 0 Å². The van der Waals surface area contributed by atoms with Crippen LogP contribution < -0.4 is 5.32 Å². The highest BCUT2D eigenvalue weighted by atomic mass is 16.5. The van der Waals surface area contributed by atoms with Gasteiger partial charge in [-0.3, -0.25) is 0 Å². The van der Waals surface area contributed by atoms with Crippen molar-refractivity contribution in [1.82, 2.24) is 5.32 Å². The molecule has 0 bridgehead atoms. The maximum atomic E-state index is 5.83. The van der Waals surface area contributed by atoms with Gasteiger partial charge in [0.05, 0.1) is 6.10 Å². The van der Waals surface area contributed by atoms with Crippen molar-refractivity contribution in [3.63, 3.8) is 0 Å². The number of hydrogen-bond donors (Lipinski definition) is 1. The van der Waals surface area contributed by atoms with E-state index in [0.29, 0.717) is 12.1 Å². The van der Waals surface area contributed by atoms with Gasteiger partial charge < -0.3 is 10.1 Å². The molecule has 0 spiro atoms. The van der Waals surface area contributed by atoms with Gasteiger partial charge in [-0.1, -0.05) is 33.6 Å². The smallest absolute Gasteiger partial charge is 0.0696 e. The predicted octanol–water partition coefficient (Wildman–Crippen LogP) is 2.58. The fourth-order valence-electron chi connectivity index (χ4n) is 1.50. The molecule has 1 saturated carbocycles. The summed E-state index contributed by atoms with van der Waals surface area (Å²) in [6, 6.07) is 0.566. The molecule has 1 aliphatic carbocycles. The molecule has 2 heteroatoms. The molecule has 1 N–H and O–H groups in total. The second kappa shape index (κ2) is 6.41. The topological polar surface area (TPSA) is 21.3 Å². The predicted molar refractivity (Wildman–Crippen MR) is 60.5 cm³/mol. The minimum absolute atomic E-state index is 0.413. The zero-order valence-electron chi connectivity index (χ0n) is 9.88. The van der Waals surface area contributed by atoms with Crippen molar-refractivity contribution in [3.05, 3.63) is 0 Å². The van der Waals surface area contributed by atoms with Gasteiger partial charge in [0.25, 0.3) is 0 Å². The minimum atomic E-state index is 0.413. The van der Waals surface area contributed by atoms with Gasteiger partial charge in [-0.05, 0) is 18.8 Å². The van der Waals surface area contributed by atoms with Crippen LogP contribution in [0.1, 0.15) is 46.5 Å². The van der Waals surface area contributed by atoms with E-state index in [0.717, 1.165) is 25.5 Å². The highest BCUT2D eigenvalue weighted by Gasteiger charge is 2.21. The Bertz CT molecular complexity index is 143. The van der Waals surface area contributed by atoms with Crippen LogP contribution in [0, 0.1) is 5.92 Å². The largest absolute Gasteiger partial charge is 0.377 e. The molecule has 0 heterocycles. The average Bonchev–Trinajstić information content (AvgIpc) is 2.94. The molecule has 1 atom stereocenters. The normalized spacial score (nSPS) is 18.9. The number of ether oxygens (including phenoxy) is 1. The summed E-state index contributed by atoms with van der Waals surface area (Å²) < 4.78 is 5.83. The van der Waals surface area contributed by atoms with Crippen LogP contribution >= 0.6 is 0 Å². The Morgan fingerprint density at radius 3 is 2.57 bits per heavy atom. The Morgan fingerprint density at radius 1 is 1.36 bits per heavy atom. The molecule has 0 saturated heterocycles. The first-order chi connectivity index (χ1) is 6.72. The number of hydrogen-bond acceptors (Lipinski definition) is 2. The van der Waals surface area contributed by atoms with E-state index in [9.17, 15) is 0 Å². The third-order valence-corrected chi connectivity index (χ3v) is 2.79. The van der Waals surface area contributed by atoms with Gasteiger partial charge in [-0.2, -0.15) is 0 Å². The molecule has 0 aliphatic heterocycles. The molecule has 14 heavy (non-hydrogen) atoms. The van der Waals surface area contributed by atoms with Gasteiger partial charge in [-0.25, -0.2) is 0 Å². The van der Waals surface area contributed by atoms with Crippen molar-refractivity contribution in [1.29, 1.82) is 0 Å². The Labute approximate surface area is 88.4 Å². The molecule has 0 amide bonds. The van der Waals surface area contributed by atoms with Gasteiger partial charge in [0.2, 0.25) is 0 Å². The maximum Gasteiger partial charge on any atom is 0.0696 e. The molecule has 1 fully saturated rings. The summed E-state index contributed by atoms with van der Waals surface area (Å²) in [4.78, 5) is 0. The van der Waals surface area contributed by atoms with Crippen molar-refractivity contribution < 1.29 is 4.74 Å². The van der Waals surface area contributed by atoms with E-state index in [4.69, 9.17) is 4.74 Å². The number of rotatable bonds is 8. The molecule has 0 aromatic heterocycles. The zero-order chi connectivity index (χ0) is 10.4. The second-order valence-corrected chi connectivity index (χ2v) is 4.70. The lowest BCUT2D eigenvalue weighted by atomic mass is 10.2. The molecule has 1 aliphatic rings. The van der Waals surface area contributed by atoms with E-state index < -0.39 is 0 Å². The first-order valence-corrected chi connectivity index (χ1v) is 6.07. The Morgan fingerprint density at radius 2 is 2.07 bits per heavy atom. The van der Waals surface area contributed by atoms with E-state index in [1.165, 1.54) is 19.3 Å². The van der Waals surface area contributed by atoms with Crippen LogP contribution in [0.4, 0.5) is 0 Å².